The summed E-state index contributed by atoms with van der Waals surface area (Å²) in [5.74, 6) is 4.62. The molecule has 3 N–H and O–H groups in total. The Bertz CT molecular complexity index is 585. The zero-order valence-corrected chi connectivity index (χ0v) is 8.92. The number of hydrazine groups is 1. The van der Waals surface area contributed by atoms with Crippen molar-refractivity contribution in [1.82, 2.24) is 9.99 Å². The van der Waals surface area contributed by atoms with E-state index in [1.807, 2.05) is 5.43 Å². The molecule has 0 aromatic carbocycles. The van der Waals surface area contributed by atoms with Crippen molar-refractivity contribution in [3.05, 3.63) is 58.4 Å². The minimum atomic E-state index is -0.519. The predicted molar refractivity (Wildman–Crippen MR) is 60.2 cm³/mol. The first-order valence-electron chi connectivity index (χ1n) is 4.95. The summed E-state index contributed by atoms with van der Waals surface area (Å²) in [4.78, 5) is 22.9. The van der Waals surface area contributed by atoms with Gasteiger partial charge in [-0.25, -0.2) is 5.84 Å². The third-order valence-corrected chi connectivity index (χ3v) is 2.32. The molecule has 0 saturated heterocycles. The summed E-state index contributed by atoms with van der Waals surface area (Å²) in [6, 6.07) is 6.47. The van der Waals surface area contributed by atoms with E-state index in [9.17, 15) is 9.59 Å². The van der Waals surface area contributed by atoms with Crippen molar-refractivity contribution in [3.63, 3.8) is 0 Å². The number of carbonyl (C=O) groups excluding carboxylic acids is 1. The summed E-state index contributed by atoms with van der Waals surface area (Å²) in [5.41, 5.74) is 2.44. The fourth-order valence-electron chi connectivity index (χ4n) is 1.50. The maximum Gasteiger partial charge on any atom is 0.301 e. The van der Waals surface area contributed by atoms with Crippen molar-refractivity contribution in [2.24, 2.45) is 5.84 Å². The van der Waals surface area contributed by atoms with E-state index in [2.05, 4.69) is 0 Å². The first kappa shape index (κ1) is 11.2. The largest absolute Gasteiger partial charge is 0.459 e. The van der Waals surface area contributed by atoms with E-state index in [4.69, 9.17) is 10.3 Å². The number of rotatable bonds is 3. The lowest BCUT2D eigenvalue weighted by Gasteiger charge is -2.04. The van der Waals surface area contributed by atoms with Gasteiger partial charge >= 0.3 is 5.91 Å². The Morgan fingerprint density at radius 1 is 1.41 bits per heavy atom. The molecule has 1 amide bonds. The van der Waals surface area contributed by atoms with Crippen molar-refractivity contribution < 1.29 is 9.21 Å². The Morgan fingerprint density at radius 2 is 2.24 bits per heavy atom. The maximum atomic E-state index is 11.5. The van der Waals surface area contributed by atoms with Gasteiger partial charge in [0.15, 0.2) is 5.76 Å². The third-order valence-electron chi connectivity index (χ3n) is 2.32. The summed E-state index contributed by atoms with van der Waals surface area (Å²) in [6.45, 7) is 0.263. The molecule has 0 saturated carbocycles. The lowest BCUT2D eigenvalue weighted by Crippen LogP contribution is -2.30. The molecule has 0 atom stereocenters. The molecule has 0 fully saturated rings. The van der Waals surface area contributed by atoms with Crippen LogP contribution in [0.25, 0.3) is 0 Å². The predicted octanol–water partition coefficient (Wildman–Crippen LogP) is 0.0931. The number of nitrogens with two attached hydrogens (primary N) is 1. The molecule has 0 aliphatic carbocycles. The van der Waals surface area contributed by atoms with Crippen LogP contribution < -0.4 is 16.8 Å². The van der Waals surface area contributed by atoms with Gasteiger partial charge in [0.05, 0.1) is 12.8 Å². The Balaban J connectivity index is 2.31. The van der Waals surface area contributed by atoms with Crippen LogP contribution >= 0.6 is 0 Å². The Labute approximate surface area is 96.6 Å². The Hall–Kier alpha value is -2.34. The molecule has 0 aliphatic rings. The maximum absolute atomic E-state index is 11.5. The fraction of sp³-hybridized carbons (Fsp3) is 0.0909. The van der Waals surface area contributed by atoms with Crippen LogP contribution in [0.5, 0.6) is 0 Å². The second-order valence-corrected chi connectivity index (χ2v) is 3.42. The van der Waals surface area contributed by atoms with Crippen molar-refractivity contribution in [1.29, 1.82) is 0 Å². The topological polar surface area (TPSA) is 90.3 Å². The molecule has 17 heavy (non-hydrogen) atoms. The van der Waals surface area contributed by atoms with Crippen LogP contribution in [0.1, 0.15) is 16.1 Å². The molecular formula is C11H11N3O3. The average Bonchev–Trinajstić information content (AvgIpc) is 2.79. The van der Waals surface area contributed by atoms with E-state index in [1.54, 1.807) is 24.4 Å². The molecule has 0 radical (unpaired) electrons. The lowest BCUT2D eigenvalue weighted by atomic mass is 10.2. The SMILES string of the molecule is NNC(=O)c1occc1Cn1ccccc1=O. The van der Waals surface area contributed by atoms with Crippen LogP contribution in [-0.4, -0.2) is 10.5 Å². The first-order valence-corrected chi connectivity index (χ1v) is 4.95. The molecule has 6 heteroatoms. The summed E-state index contributed by atoms with van der Waals surface area (Å²) in [6.07, 6.45) is 3.02. The molecule has 2 aromatic heterocycles. The lowest BCUT2D eigenvalue weighted by molar-refractivity contribution is 0.0924. The average molecular weight is 233 g/mol. The molecule has 0 bridgehead atoms. The highest BCUT2D eigenvalue weighted by molar-refractivity contribution is 5.92. The number of hydrogen-bond acceptors (Lipinski definition) is 4. The van der Waals surface area contributed by atoms with Crippen LogP contribution in [0.3, 0.4) is 0 Å². The number of nitrogens with zero attached hydrogens (tertiary/aromatic N) is 1. The molecular weight excluding hydrogens is 222 g/mol. The molecule has 2 rings (SSSR count). The summed E-state index contributed by atoms with van der Waals surface area (Å²) in [5, 5.41) is 0. The number of nitrogens with one attached hydrogen (secondary N) is 1. The Morgan fingerprint density at radius 3 is 2.94 bits per heavy atom. The molecule has 0 aliphatic heterocycles. The van der Waals surface area contributed by atoms with Crippen LogP contribution in [0.4, 0.5) is 0 Å². The van der Waals surface area contributed by atoms with E-state index < -0.39 is 5.91 Å². The quantitative estimate of drug-likeness (QED) is 0.446. The fourth-order valence-corrected chi connectivity index (χ4v) is 1.50. The number of hydrogen-bond donors (Lipinski definition) is 2. The number of furan rings is 1. The van der Waals surface area contributed by atoms with E-state index in [0.29, 0.717) is 5.56 Å². The van der Waals surface area contributed by atoms with Gasteiger partial charge in [0.2, 0.25) is 0 Å². The molecule has 0 spiro atoms. The third kappa shape index (κ3) is 2.26. The number of nitrogen functional groups attached to an aromatic ring is 1. The molecule has 88 valence electrons. The van der Waals surface area contributed by atoms with Crippen LogP contribution in [0.2, 0.25) is 0 Å². The number of aromatic nitrogens is 1. The van der Waals surface area contributed by atoms with Gasteiger partial charge in [-0.2, -0.15) is 0 Å². The van der Waals surface area contributed by atoms with Gasteiger partial charge in [0, 0.05) is 17.8 Å². The highest BCUT2D eigenvalue weighted by atomic mass is 16.3. The van der Waals surface area contributed by atoms with Gasteiger partial charge in [-0.05, 0) is 12.1 Å². The molecule has 2 heterocycles. The van der Waals surface area contributed by atoms with E-state index in [1.165, 1.54) is 16.9 Å². The zero-order valence-electron chi connectivity index (χ0n) is 8.92. The zero-order chi connectivity index (χ0) is 12.3. The summed E-state index contributed by atoms with van der Waals surface area (Å²) < 4.78 is 6.49. The van der Waals surface area contributed by atoms with Crippen molar-refractivity contribution in [2.75, 3.05) is 0 Å². The smallest absolute Gasteiger partial charge is 0.301 e. The number of amides is 1. The molecule has 2 aromatic rings. The van der Waals surface area contributed by atoms with Gasteiger partial charge in [-0.1, -0.05) is 6.07 Å². The van der Waals surface area contributed by atoms with Crippen LogP contribution in [0, 0.1) is 0 Å². The van der Waals surface area contributed by atoms with Gasteiger partial charge in [-0.15, -0.1) is 0 Å². The van der Waals surface area contributed by atoms with Gasteiger partial charge < -0.3 is 8.98 Å². The first-order chi connectivity index (χ1) is 8.22. The minimum absolute atomic E-state index is 0.114. The molecule has 6 nitrogen and oxygen atoms in total. The number of pyridine rings is 1. The van der Waals surface area contributed by atoms with Gasteiger partial charge in [-0.3, -0.25) is 15.0 Å². The highest BCUT2D eigenvalue weighted by Gasteiger charge is 2.14. The molecule has 0 unspecified atom stereocenters. The van der Waals surface area contributed by atoms with Gasteiger partial charge in [0.25, 0.3) is 5.56 Å². The summed E-state index contributed by atoms with van der Waals surface area (Å²) in [7, 11) is 0. The van der Waals surface area contributed by atoms with E-state index in [-0.39, 0.29) is 17.9 Å². The standard InChI is InChI=1S/C11H11N3O3/c12-13-11(16)10-8(4-6-17-10)7-14-5-2-1-3-9(14)15/h1-6H,7,12H2,(H,13,16). The minimum Gasteiger partial charge on any atom is -0.459 e. The second-order valence-electron chi connectivity index (χ2n) is 3.42. The van der Waals surface area contributed by atoms with Gasteiger partial charge in [0.1, 0.15) is 0 Å². The van der Waals surface area contributed by atoms with Crippen LogP contribution in [0.15, 0.2) is 45.9 Å². The highest BCUT2D eigenvalue weighted by Crippen LogP contribution is 2.11. The normalized spacial score (nSPS) is 10.2. The second kappa shape index (κ2) is 4.67. The monoisotopic (exact) mass is 233 g/mol. The van der Waals surface area contributed by atoms with E-state index >= 15 is 0 Å². The van der Waals surface area contributed by atoms with Crippen molar-refractivity contribution in [2.45, 2.75) is 6.54 Å². The van der Waals surface area contributed by atoms with Crippen molar-refractivity contribution >= 4 is 5.91 Å². The van der Waals surface area contributed by atoms with Crippen molar-refractivity contribution in [3.8, 4) is 0 Å². The van der Waals surface area contributed by atoms with Crippen LogP contribution in [-0.2, 0) is 6.54 Å². The number of carbonyl (C=O) groups is 1. The van der Waals surface area contributed by atoms with E-state index in [0.717, 1.165) is 0 Å². The summed E-state index contributed by atoms with van der Waals surface area (Å²) >= 11 is 0. The Kier molecular flexibility index (Phi) is 3.06.